The Labute approximate surface area is 126 Å². The van der Waals surface area contributed by atoms with Gasteiger partial charge < -0.3 is 5.73 Å². The van der Waals surface area contributed by atoms with E-state index in [2.05, 4.69) is 60.4 Å². The van der Waals surface area contributed by atoms with Gasteiger partial charge in [0.15, 0.2) is 0 Å². The number of hydrogen-bond donors (Lipinski definition) is 1. The number of aliphatic imine (C=N–C) groups is 1. The van der Waals surface area contributed by atoms with Crippen molar-refractivity contribution in [3.8, 4) is 0 Å². The summed E-state index contributed by atoms with van der Waals surface area (Å²) in [6, 6.07) is -0.0273. The van der Waals surface area contributed by atoms with Crippen molar-refractivity contribution in [3.63, 3.8) is 0 Å². The van der Waals surface area contributed by atoms with Crippen LogP contribution in [0.25, 0.3) is 0 Å². The van der Waals surface area contributed by atoms with Crippen LogP contribution in [0.5, 0.6) is 0 Å². The van der Waals surface area contributed by atoms with E-state index in [0.717, 1.165) is 12.1 Å². The average molecular weight is 280 g/mol. The Hall–Kier alpha value is -0.630. The molecule has 1 unspecified atom stereocenters. The minimum atomic E-state index is -0.0273. The van der Waals surface area contributed by atoms with E-state index in [4.69, 9.17) is 5.73 Å². The first kappa shape index (κ1) is 19.4. The monoisotopic (exact) mass is 280 g/mol. The lowest BCUT2D eigenvalue weighted by Crippen LogP contribution is -2.42. The molecule has 0 aliphatic rings. The Kier molecular flexibility index (Phi) is 7.17. The predicted octanol–water partition coefficient (Wildman–Crippen LogP) is 5.04. The highest BCUT2D eigenvalue weighted by molar-refractivity contribution is 5.61. The Morgan fingerprint density at radius 1 is 1.05 bits per heavy atom. The molecular formula is C18H36N2. The fraction of sp³-hybridized carbons (Fsp3) is 0.833. The van der Waals surface area contributed by atoms with E-state index in [9.17, 15) is 0 Å². The van der Waals surface area contributed by atoms with Gasteiger partial charge in [0.25, 0.3) is 0 Å². The molecule has 0 spiro atoms. The Morgan fingerprint density at radius 3 is 1.90 bits per heavy atom. The third kappa shape index (κ3) is 5.78. The van der Waals surface area contributed by atoms with Crippen LogP contribution in [-0.2, 0) is 0 Å². The summed E-state index contributed by atoms with van der Waals surface area (Å²) in [5.74, 6) is 1.09. The minimum Gasteiger partial charge on any atom is -0.322 e. The summed E-state index contributed by atoms with van der Waals surface area (Å²) in [4.78, 5) is 4.59. The summed E-state index contributed by atoms with van der Waals surface area (Å²) in [6.45, 7) is 20.1. The standard InChI is InChI=1S/C18H36N2/c1-10-15(20-11-13(2)3)16(19)18(8,9)12-17(6,7)14(4)5/h10-11,13-14,16H,12,19H2,1-9H3/b15-10-,20-11-. The molecule has 0 aliphatic heterocycles. The zero-order valence-electron chi connectivity index (χ0n) is 15.1. The van der Waals surface area contributed by atoms with Crippen molar-refractivity contribution in [1.29, 1.82) is 0 Å². The molecule has 1 atom stereocenters. The fourth-order valence-electron chi connectivity index (χ4n) is 2.46. The summed E-state index contributed by atoms with van der Waals surface area (Å²) < 4.78 is 0. The molecule has 0 saturated carbocycles. The van der Waals surface area contributed by atoms with Crippen molar-refractivity contribution < 1.29 is 0 Å². The molecule has 0 heterocycles. The van der Waals surface area contributed by atoms with Crippen LogP contribution in [0.2, 0.25) is 0 Å². The van der Waals surface area contributed by atoms with Gasteiger partial charge in [-0.1, -0.05) is 61.5 Å². The van der Waals surface area contributed by atoms with Crippen molar-refractivity contribution in [2.24, 2.45) is 33.4 Å². The molecular weight excluding hydrogens is 244 g/mol. The van der Waals surface area contributed by atoms with Crippen molar-refractivity contribution >= 4 is 6.21 Å². The van der Waals surface area contributed by atoms with E-state index in [1.54, 1.807) is 0 Å². The molecule has 2 nitrogen and oxygen atoms in total. The summed E-state index contributed by atoms with van der Waals surface area (Å²) >= 11 is 0. The van der Waals surface area contributed by atoms with Crippen LogP contribution in [0.4, 0.5) is 0 Å². The Bertz CT molecular complexity index is 346. The number of rotatable bonds is 7. The first-order valence-corrected chi connectivity index (χ1v) is 7.90. The van der Waals surface area contributed by atoms with Gasteiger partial charge in [-0.3, -0.25) is 4.99 Å². The van der Waals surface area contributed by atoms with E-state index in [0.29, 0.717) is 11.8 Å². The Balaban J connectivity index is 5.09. The van der Waals surface area contributed by atoms with Gasteiger partial charge in [0.05, 0.1) is 11.7 Å². The van der Waals surface area contributed by atoms with Gasteiger partial charge in [-0.25, -0.2) is 0 Å². The zero-order chi connectivity index (χ0) is 16.1. The van der Waals surface area contributed by atoms with Crippen LogP contribution in [0.1, 0.15) is 68.7 Å². The molecule has 0 amide bonds. The van der Waals surface area contributed by atoms with Gasteiger partial charge in [0.2, 0.25) is 0 Å². The zero-order valence-corrected chi connectivity index (χ0v) is 15.1. The first-order valence-electron chi connectivity index (χ1n) is 7.90. The van der Waals surface area contributed by atoms with Gasteiger partial charge in [0.1, 0.15) is 0 Å². The van der Waals surface area contributed by atoms with Gasteiger partial charge in [0, 0.05) is 6.21 Å². The maximum atomic E-state index is 6.52. The van der Waals surface area contributed by atoms with Crippen molar-refractivity contribution in [2.45, 2.75) is 74.8 Å². The van der Waals surface area contributed by atoms with E-state index in [1.165, 1.54) is 0 Å². The lowest BCUT2D eigenvalue weighted by Gasteiger charge is -2.41. The molecule has 2 N–H and O–H groups in total. The van der Waals surface area contributed by atoms with Crippen molar-refractivity contribution in [2.75, 3.05) is 0 Å². The normalized spacial score (nSPS) is 16.5. The van der Waals surface area contributed by atoms with Crippen LogP contribution in [0.3, 0.4) is 0 Å². The number of hydrogen-bond acceptors (Lipinski definition) is 2. The number of nitrogens with zero attached hydrogens (tertiary/aromatic N) is 1. The van der Waals surface area contributed by atoms with Crippen molar-refractivity contribution in [3.05, 3.63) is 11.8 Å². The van der Waals surface area contributed by atoms with Gasteiger partial charge in [-0.2, -0.15) is 0 Å². The first-order chi connectivity index (χ1) is 8.94. The molecule has 118 valence electrons. The van der Waals surface area contributed by atoms with Gasteiger partial charge in [-0.15, -0.1) is 0 Å². The van der Waals surface area contributed by atoms with E-state index >= 15 is 0 Å². The van der Waals surface area contributed by atoms with E-state index in [-0.39, 0.29) is 16.9 Å². The summed E-state index contributed by atoms with van der Waals surface area (Å²) in [7, 11) is 0. The Morgan fingerprint density at radius 2 is 1.55 bits per heavy atom. The number of nitrogens with two attached hydrogens (primary N) is 1. The second kappa shape index (κ2) is 7.40. The lowest BCUT2D eigenvalue weighted by atomic mass is 9.66. The smallest absolute Gasteiger partial charge is 0.0530 e. The maximum absolute atomic E-state index is 6.52. The maximum Gasteiger partial charge on any atom is 0.0530 e. The molecule has 0 saturated heterocycles. The summed E-state index contributed by atoms with van der Waals surface area (Å²) in [5.41, 5.74) is 7.83. The van der Waals surface area contributed by atoms with Crippen LogP contribution >= 0.6 is 0 Å². The number of allylic oxidation sites excluding steroid dienone is 1. The highest BCUT2D eigenvalue weighted by atomic mass is 14.8. The summed E-state index contributed by atoms with van der Waals surface area (Å²) in [6.07, 6.45) is 5.12. The largest absolute Gasteiger partial charge is 0.322 e. The quantitative estimate of drug-likeness (QED) is 0.652. The molecule has 0 aromatic heterocycles. The molecule has 0 rings (SSSR count). The third-order valence-corrected chi connectivity index (χ3v) is 4.45. The summed E-state index contributed by atoms with van der Waals surface area (Å²) in [5, 5.41) is 0. The average Bonchev–Trinajstić information content (AvgIpc) is 2.27. The lowest BCUT2D eigenvalue weighted by molar-refractivity contribution is 0.126. The van der Waals surface area contributed by atoms with E-state index < -0.39 is 0 Å². The molecule has 0 aliphatic carbocycles. The predicted molar refractivity (Wildman–Crippen MR) is 92.1 cm³/mol. The van der Waals surface area contributed by atoms with Crippen LogP contribution in [0.15, 0.2) is 16.8 Å². The van der Waals surface area contributed by atoms with Crippen LogP contribution < -0.4 is 5.73 Å². The van der Waals surface area contributed by atoms with Crippen molar-refractivity contribution in [1.82, 2.24) is 0 Å². The molecule has 0 aromatic carbocycles. The second-order valence-electron chi connectivity index (χ2n) is 8.02. The van der Waals surface area contributed by atoms with Gasteiger partial charge >= 0.3 is 0 Å². The topological polar surface area (TPSA) is 38.4 Å². The van der Waals surface area contributed by atoms with Crippen LogP contribution in [-0.4, -0.2) is 12.3 Å². The molecule has 0 fully saturated rings. The highest BCUT2D eigenvalue weighted by Gasteiger charge is 2.36. The third-order valence-electron chi connectivity index (χ3n) is 4.45. The SMILES string of the molecule is C/C=C(\N=C/C(C)C)C(N)C(C)(C)CC(C)(C)C(C)C. The highest BCUT2D eigenvalue weighted by Crippen LogP contribution is 2.41. The van der Waals surface area contributed by atoms with Crippen LogP contribution in [0, 0.1) is 22.7 Å². The molecule has 0 bridgehead atoms. The molecule has 0 aromatic rings. The minimum absolute atomic E-state index is 0.0273. The molecule has 2 heteroatoms. The second-order valence-corrected chi connectivity index (χ2v) is 8.02. The van der Waals surface area contributed by atoms with E-state index in [1.807, 2.05) is 19.2 Å². The molecule has 20 heavy (non-hydrogen) atoms. The van der Waals surface area contributed by atoms with Gasteiger partial charge in [-0.05, 0) is 36.0 Å². The fourth-order valence-corrected chi connectivity index (χ4v) is 2.46. The molecule has 0 radical (unpaired) electrons.